The highest BCUT2D eigenvalue weighted by atomic mass is 16.5. The lowest BCUT2D eigenvalue weighted by molar-refractivity contribution is -0.598. The average Bonchev–Trinajstić information content (AvgIpc) is 2.54. The van der Waals surface area contributed by atoms with Crippen molar-refractivity contribution in [2.75, 3.05) is 28.6 Å². The molecule has 0 amide bonds. The lowest BCUT2D eigenvalue weighted by atomic mass is 10.2. The summed E-state index contributed by atoms with van der Waals surface area (Å²) in [6, 6.07) is 0. The summed E-state index contributed by atoms with van der Waals surface area (Å²) in [6.07, 6.45) is 15.8. The Morgan fingerprint density at radius 3 is 2.29 bits per heavy atom. The van der Waals surface area contributed by atoms with E-state index in [9.17, 15) is 5.21 Å². The fraction of sp³-hybridized carbons (Fsp3) is 0.200. The number of nitrogen functional groups attached to an aromatic ring is 1. The Morgan fingerprint density at radius 1 is 1.10 bits per heavy atom. The average molecular weight is 283 g/mol. The first kappa shape index (κ1) is 13.2. The molecule has 0 unspecified atom stereocenters. The van der Waals surface area contributed by atoms with Crippen molar-refractivity contribution >= 4 is 17.5 Å². The van der Waals surface area contributed by atoms with Crippen molar-refractivity contribution in [1.82, 2.24) is 4.98 Å². The van der Waals surface area contributed by atoms with E-state index in [0.29, 0.717) is 29.3 Å². The molecule has 2 aliphatic heterocycles. The molecule has 0 bridgehead atoms. The first-order valence-corrected chi connectivity index (χ1v) is 6.78. The second-order valence-corrected chi connectivity index (χ2v) is 4.87. The van der Waals surface area contributed by atoms with Crippen molar-refractivity contribution in [3.05, 3.63) is 59.8 Å². The molecule has 2 aliphatic rings. The molecule has 0 spiro atoms. The number of allylic oxidation sites excluding steroid dienone is 4. The smallest absolute Gasteiger partial charge is 0.392 e. The van der Waals surface area contributed by atoms with E-state index in [1.54, 1.807) is 6.92 Å². The zero-order chi connectivity index (χ0) is 14.8. The second kappa shape index (κ2) is 5.32. The van der Waals surface area contributed by atoms with E-state index in [2.05, 4.69) is 4.98 Å². The number of hydrogen-bond acceptors (Lipinski definition) is 5. The first-order valence-electron chi connectivity index (χ1n) is 6.78. The summed E-state index contributed by atoms with van der Waals surface area (Å²) in [5.74, 6) is 0.656. The maximum atomic E-state index is 12.1. The summed E-state index contributed by atoms with van der Waals surface area (Å²) in [4.78, 5) is 8.28. The minimum absolute atomic E-state index is 0.0364. The minimum Gasteiger partial charge on any atom is -0.740 e. The molecular formula is C15H17N5O. The number of nitrogens with zero attached hydrogens (tertiary/aromatic N) is 4. The van der Waals surface area contributed by atoms with Gasteiger partial charge in [0.05, 0.1) is 0 Å². The monoisotopic (exact) mass is 283 g/mol. The molecule has 0 radical (unpaired) electrons. The Bertz CT molecular complexity index is 675. The van der Waals surface area contributed by atoms with Crippen LogP contribution < -0.4 is 20.3 Å². The van der Waals surface area contributed by atoms with E-state index in [4.69, 9.17) is 5.73 Å². The van der Waals surface area contributed by atoms with Gasteiger partial charge in [-0.3, -0.25) is 5.73 Å². The summed E-state index contributed by atoms with van der Waals surface area (Å²) >= 11 is 0. The molecular weight excluding hydrogens is 266 g/mol. The molecule has 0 aliphatic carbocycles. The Morgan fingerprint density at radius 2 is 1.71 bits per heavy atom. The van der Waals surface area contributed by atoms with Gasteiger partial charge in [0.2, 0.25) is 5.82 Å². The molecule has 108 valence electrons. The zero-order valence-electron chi connectivity index (χ0n) is 11.8. The fourth-order valence-corrected chi connectivity index (χ4v) is 2.43. The van der Waals surface area contributed by atoms with E-state index in [1.165, 1.54) is 0 Å². The van der Waals surface area contributed by atoms with Gasteiger partial charge in [-0.15, -0.1) is 0 Å². The van der Waals surface area contributed by atoms with E-state index >= 15 is 0 Å². The lowest BCUT2D eigenvalue weighted by Crippen LogP contribution is -2.39. The first-order chi connectivity index (χ1) is 10.2. The van der Waals surface area contributed by atoms with Crippen molar-refractivity contribution in [3.63, 3.8) is 0 Å². The van der Waals surface area contributed by atoms with Gasteiger partial charge in [0.15, 0.2) is 0 Å². The molecule has 1 aromatic rings. The Balaban J connectivity index is 2.13. The number of nitrogens with two attached hydrogens (primary N) is 1. The van der Waals surface area contributed by atoms with Gasteiger partial charge in [-0.25, -0.2) is 4.73 Å². The SMILES string of the molecule is Cc1c(N2C=CC=CC2)c(N2C=CC=CC2)nc(N)[n+]1[O-]. The normalized spacial score (nSPS) is 16.8. The largest absolute Gasteiger partial charge is 0.740 e. The maximum absolute atomic E-state index is 12.1. The summed E-state index contributed by atoms with van der Waals surface area (Å²) in [6.45, 7) is 3.16. The van der Waals surface area contributed by atoms with Crippen LogP contribution in [0, 0.1) is 12.1 Å². The molecule has 21 heavy (non-hydrogen) atoms. The molecule has 0 fully saturated rings. The number of anilines is 3. The number of hydrogen-bond donors (Lipinski definition) is 1. The third-order valence-corrected chi connectivity index (χ3v) is 3.48. The Kier molecular flexibility index (Phi) is 3.35. The van der Waals surface area contributed by atoms with Crippen LogP contribution in [0.3, 0.4) is 0 Å². The van der Waals surface area contributed by atoms with Crippen LogP contribution in [0.15, 0.2) is 48.9 Å². The van der Waals surface area contributed by atoms with E-state index in [-0.39, 0.29) is 5.95 Å². The highest BCUT2D eigenvalue weighted by Gasteiger charge is 2.25. The number of rotatable bonds is 2. The molecule has 3 heterocycles. The quantitative estimate of drug-likeness (QED) is 0.656. The van der Waals surface area contributed by atoms with Crippen molar-refractivity contribution in [2.45, 2.75) is 6.92 Å². The Hall–Kier alpha value is -2.76. The van der Waals surface area contributed by atoms with Gasteiger partial charge in [-0.1, -0.05) is 29.3 Å². The van der Waals surface area contributed by atoms with Crippen LogP contribution in [0.2, 0.25) is 0 Å². The molecule has 0 saturated heterocycles. The molecule has 6 heteroatoms. The third kappa shape index (κ3) is 2.35. The van der Waals surface area contributed by atoms with Crippen LogP contribution in [0.5, 0.6) is 0 Å². The lowest BCUT2D eigenvalue weighted by Gasteiger charge is -2.28. The standard InChI is InChI=1S/C15H17N5O/c1-12-13(18-8-4-2-5-9-18)14(17-15(16)20(12)21)19-10-6-3-7-11-19/h2-8,10H,9,11H2,1H3,(H2,16,17). The third-order valence-electron chi connectivity index (χ3n) is 3.48. The van der Waals surface area contributed by atoms with Crippen LogP contribution >= 0.6 is 0 Å². The summed E-state index contributed by atoms with van der Waals surface area (Å²) < 4.78 is 0.675. The topological polar surface area (TPSA) is 72.3 Å². The van der Waals surface area contributed by atoms with Crippen molar-refractivity contribution < 1.29 is 4.73 Å². The van der Waals surface area contributed by atoms with Crippen molar-refractivity contribution in [2.24, 2.45) is 0 Å². The molecule has 0 atom stereocenters. The van der Waals surface area contributed by atoms with Crippen LogP contribution in [-0.2, 0) is 0 Å². The highest BCUT2D eigenvalue weighted by Crippen LogP contribution is 2.31. The number of aromatic nitrogens is 2. The van der Waals surface area contributed by atoms with Crippen molar-refractivity contribution in [1.29, 1.82) is 0 Å². The molecule has 1 aromatic heterocycles. The molecule has 3 rings (SSSR count). The second-order valence-electron chi connectivity index (χ2n) is 4.87. The molecule has 0 aromatic carbocycles. The van der Waals surface area contributed by atoms with E-state index < -0.39 is 0 Å². The van der Waals surface area contributed by atoms with E-state index in [1.807, 2.05) is 58.7 Å². The van der Waals surface area contributed by atoms with Gasteiger partial charge in [0.1, 0.15) is 11.4 Å². The molecule has 2 N–H and O–H groups in total. The van der Waals surface area contributed by atoms with Gasteiger partial charge >= 0.3 is 5.95 Å². The van der Waals surface area contributed by atoms with Crippen LogP contribution in [0.25, 0.3) is 0 Å². The predicted molar refractivity (Wildman–Crippen MR) is 83.6 cm³/mol. The fourth-order valence-electron chi connectivity index (χ4n) is 2.43. The van der Waals surface area contributed by atoms with Crippen LogP contribution in [-0.4, -0.2) is 18.1 Å². The van der Waals surface area contributed by atoms with Gasteiger partial charge < -0.3 is 15.0 Å². The summed E-state index contributed by atoms with van der Waals surface area (Å²) in [7, 11) is 0. The van der Waals surface area contributed by atoms with Gasteiger partial charge in [-0.05, 0) is 19.1 Å². The predicted octanol–water partition coefficient (Wildman–Crippen LogP) is 1.39. The van der Waals surface area contributed by atoms with Gasteiger partial charge in [0, 0.05) is 25.5 Å². The highest BCUT2D eigenvalue weighted by molar-refractivity contribution is 5.73. The molecule has 6 nitrogen and oxygen atoms in total. The minimum atomic E-state index is -0.0364. The summed E-state index contributed by atoms with van der Waals surface area (Å²) in [5.41, 5.74) is 7.07. The van der Waals surface area contributed by atoms with Crippen molar-refractivity contribution in [3.8, 4) is 0 Å². The zero-order valence-corrected chi connectivity index (χ0v) is 11.8. The van der Waals surface area contributed by atoms with Gasteiger partial charge in [-0.2, -0.15) is 0 Å². The van der Waals surface area contributed by atoms with Gasteiger partial charge in [0.25, 0.3) is 0 Å². The Labute approximate surface area is 123 Å². The van der Waals surface area contributed by atoms with Crippen LogP contribution in [0.1, 0.15) is 5.69 Å². The molecule has 0 saturated carbocycles. The van der Waals surface area contributed by atoms with Crippen LogP contribution in [0.4, 0.5) is 17.5 Å². The van der Waals surface area contributed by atoms with E-state index in [0.717, 1.165) is 5.69 Å². The summed E-state index contributed by atoms with van der Waals surface area (Å²) in [5, 5.41) is 12.1. The maximum Gasteiger partial charge on any atom is 0.392 e.